The number of halogens is 2. The molecule has 34 heavy (non-hydrogen) atoms. The normalized spacial score (nSPS) is 11.0. The summed E-state index contributed by atoms with van der Waals surface area (Å²) < 4.78 is 24.9. The van der Waals surface area contributed by atoms with Crippen LogP contribution in [0.5, 0.6) is 11.5 Å². The lowest BCUT2D eigenvalue weighted by Crippen LogP contribution is -2.14. The Morgan fingerprint density at radius 1 is 1.15 bits per heavy atom. The topological polar surface area (TPSA) is 71.3 Å². The predicted octanol–water partition coefficient (Wildman–Crippen LogP) is 6.62. The molecule has 0 aliphatic carbocycles. The molecule has 0 unspecified atom stereocenters. The molecule has 0 atom stereocenters. The molecule has 0 aliphatic heterocycles. The lowest BCUT2D eigenvalue weighted by molar-refractivity contribution is -0.112. The van der Waals surface area contributed by atoms with E-state index in [0.29, 0.717) is 34.9 Å². The molecule has 3 aromatic carbocycles. The van der Waals surface area contributed by atoms with Gasteiger partial charge in [0.2, 0.25) is 0 Å². The van der Waals surface area contributed by atoms with Crippen molar-refractivity contribution in [3.63, 3.8) is 0 Å². The van der Waals surface area contributed by atoms with Crippen LogP contribution in [0.1, 0.15) is 29.2 Å². The quantitative estimate of drug-likeness (QED) is 0.292. The van der Waals surface area contributed by atoms with Gasteiger partial charge < -0.3 is 14.8 Å². The first-order chi connectivity index (χ1) is 16.3. The van der Waals surface area contributed by atoms with Gasteiger partial charge in [-0.3, -0.25) is 4.79 Å². The largest absolute Gasteiger partial charge is 0.490 e. The molecule has 174 valence electrons. The molecule has 1 N–H and O–H groups in total. The standard InChI is InChI=1S/C27H24ClFN2O3/c1-4-33-25-14-20(13-23(28)26(25)34-16-19-6-5-7-22(29)12-19)11-21(15-30)27(32)31-24-10-17(2)8-9-18(24)3/h5-14H,4,16H2,1-3H3,(H,31,32)/b21-11+. The smallest absolute Gasteiger partial charge is 0.266 e. The minimum absolute atomic E-state index is 0.0900. The summed E-state index contributed by atoms with van der Waals surface area (Å²) in [6.45, 7) is 6.05. The van der Waals surface area contributed by atoms with E-state index < -0.39 is 5.91 Å². The zero-order valence-corrected chi connectivity index (χ0v) is 19.9. The van der Waals surface area contributed by atoms with Crippen molar-refractivity contribution >= 4 is 29.3 Å². The van der Waals surface area contributed by atoms with Gasteiger partial charge in [-0.05, 0) is 79.4 Å². The fourth-order valence-electron chi connectivity index (χ4n) is 3.23. The highest BCUT2D eigenvalue weighted by atomic mass is 35.5. The average molecular weight is 479 g/mol. The zero-order valence-electron chi connectivity index (χ0n) is 19.1. The van der Waals surface area contributed by atoms with Crippen LogP contribution in [-0.4, -0.2) is 12.5 Å². The molecule has 0 aromatic heterocycles. The molecule has 3 aromatic rings. The number of aryl methyl sites for hydroxylation is 2. The molecule has 0 fully saturated rings. The van der Waals surface area contributed by atoms with Crippen molar-refractivity contribution in [1.82, 2.24) is 0 Å². The molecule has 0 saturated carbocycles. The molecule has 0 saturated heterocycles. The maximum atomic E-state index is 13.5. The van der Waals surface area contributed by atoms with Crippen LogP contribution >= 0.6 is 11.6 Å². The van der Waals surface area contributed by atoms with Gasteiger partial charge in [-0.1, -0.05) is 35.9 Å². The predicted molar refractivity (Wildman–Crippen MR) is 131 cm³/mol. The van der Waals surface area contributed by atoms with Crippen molar-refractivity contribution in [1.29, 1.82) is 5.26 Å². The second-order valence-electron chi connectivity index (χ2n) is 7.62. The third kappa shape index (κ3) is 6.37. The lowest BCUT2D eigenvalue weighted by atomic mass is 10.1. The summed E-state index contributed by atoms with van der Waals surface area (Å²) in [6, 6.07) is 16.9. The van der Waals surface area contributed by atoms with E-state index in [4.69, 9.17) is 21.1 Å². The number of carbonyl (C=O) groups excluding carboxylic acids is 1. The minimum Gasteiger partial charge on any atom is -0.490 e. The SMILES string of the molecule is CCOc1cc(/C=C(\C#N)C(=O)Nc2cc(C)ccc2C)cc(Cl)c1OCc1cccc(F)c1. The molecule has 0 heterocycles. The van der Waals surface area contributed by atoms with E-state index in [9.17, 15) is 14.4 Å². The van der Waals surface area contributed by atoms with E-state index >= 15 is 0 Å². The number of rotatable bonds is 8. The van der Waals surface area contributed by atoms with Gasteiger partial charge in [0, 0.05) is 5.69 Å². The second-order valence-corrected chi connectivity index (χ2v) is 8.03. The number of ether oxygens (including phenoxy) is 2. The fraction of sp³-hybridized carbons (Fsp3) is 0.185. The molecule has 7 heteroatoms. The molecule has 0 spiro atoms. The summed E-state index contributed by atoms with van der Waals surface area (Å²) in [7, 11) is 0. The van der Waals surface area contributed by atoms with E-state index in [-0.39, 0.29) is 23.0 Å². The number of nitrogens with zero attached hydrogens (tertiary/aromatic N) is 1. The van der Waals surface area contributed by atoms with E-state index in [1.165, 1.54) is 18.2 Å². The van der Waals surface area contributed by atoms with Gasteiger partial charge in [-0.25, -0.2) is 4.39 Å². The number of carbonyl (C=O) groups is 1. The fourth-order valence-corrected chi connectivity index (χ4v) is 3.51. The van der Waals surface area contributed by atoms with Crippen LogP contribution in [0.15, 0.2) is 60.2 Å². The Bertz CT molecular complexity index is 1280. The van der Waals surface area contributed by atoms with Crippen LogP contribution in [0.2, 0.25) is 5.02 Å². The number of hydrogen-bond donors (Lipinski definition) is 1. The van der Waals surface area contributed by atoms with Gasteiger partial charge in [0.05, 0.1) is 11.6 Å². The van der Waals surface area contributed by atoms with Crippen molar-refractivity contribution in [3.8, 4) is 17.6 Å². The van der Waals surface area contributed by atoms with E-state index in [0.717, 1.165) is 11.1 Å². The molecule has 3 rings (SSSR count). The zero-order chi connectivity index (χ0) is 24.7. The van der Waals surface area contributed by atoms with Gasteiger partial charge in [-0.2, -0.15) is 5.26 Å². The van der Waals surface area contributed by atoms with Crippen LogP contribution in [0.25, 0.3) is 6.08 Å². The van der Waals surface area contributed by atoms with Crippen LogP contribution in [0, 0.1) is 31.0 Å². The van der Waals surface area contributed by atoms with Gasteiger partial charge in [-0.15, -0.1) is 0 Å². The van der Waals surface area contributed by atoms with Gasteiger partial charge in [0.15, 0.2) is 11.5 Å². The van der Waals surface area contributed by atoms with Crippen LogP contribution in [0.4, 0.5) is 10.1 Å². The summed E-state index contributed by atoms with van der Waals surface area (Å²) in [5, 5.41) is 12.6. The highest BCUT2D eigenvalue weighted by Gasteiger charge is 2.15. The summed E-state index contributed by atoms with van der Waals surface area (Å²) in [5.74, 6) is -0.245. The molecule has 1 amide bonds. The van der Waals surface area contributed by atoms with Crippen LogP contribution in [0.3, 0.4) is 0 Å². The maximum Gasteiger partial charge on any atom is 0.266 e. The summed E-state index contributed by atoms with van der Waals surface area (Å²) in [6.07, 6.45) is 1.44. The Morgan fingerprint density at radius 2 is 1.94 bits per heavy atom. The summed E-state index contributed by atoms with van der Waals surface area (Å²) in [4.78, 5) is 12.7. The number of nitrogens with one attached hydrogen (secondary N) is 1. The molecule has 0 bridgehead atoms. The highest BCUT2D eigenvalue weighted by Crippen LogP contribution is 2.38. The van der Waals surface area contributed by atoms with Crippen molar-refractivity contribution < 1.29 is 18.7 Å². The van der Waals surface area contributed by atoms with Crippen LogP contribution in [-0.2, 0) is 11.4 Å². The molecule has 0 aliphatic rings. The van der Waals surface area contributed by atoms with Gasteiger partial charge in [0.25, 0.3) is 5.91 Å². The van der Waals surface area contributed by atoms with Crippen LogP contribution < -0.4 is 14.8 Å². The van der Waals surface area contributed by atoms with Crippen molar-refractivity contribution in [2.45, 2.75) is 27.4 Å². The Hall–Kier alpha value is -3.82. The lowest BCUT2D eigenvalue weighted by Gasteiger charge is -2.15. The summed E-state index contributed by atoms with van der Waals surface area (Å²) in [5.41, 5.74) is 3.56. The highest BCUT2D eigenvalue weighted by molar-refractivity contribution is 6.32. The third-order valence-corrected chi connectivity index (χ3v) is 5.20. The first kappa shape index (κ1) is 24.8. The number of benzene rings is 3. The van der Waals surface area contributed by atoms with Crippen molar-refractivity contribution in [2.24, 2.45) is 0 Å². The van der Waals surface area contributed by atoms with E-state index in [1.807, 2.05) is 45.0 Å². The van der Waals surface area contributed by atoms with Gasteiger partial charge >= 0.3 is 0 Å². The molecule has 5 nitrogen and oxygen atoms in total. The first-order valence-corrected chi connectivity index (χ1v) is 11.0. The monoisotopic (exact) mass is 478 g/mol. The average Bonchev–Trinajstić information content (AvgIpc) is 2.79. The maximum absolute atomic E-state index is 13.5. The van der Waals surface area contributed by atoms with E-state index in [2.05, 4.69) is 5.32 Å². The van der Waals surface area contributed by atoms with Gasteiger partial charge in [0.1, 0.15) is 24.1 Å². The van der Waals surface area contributed by atoms with E-state index in [1.54, 1.807) is 24.3 Å². The second kappa shape index (κ2) is 11.4. The number of hydrogen-bond acceptors (Lipinski definition) is 4. The summed E-state index contributed by atoms with van der Waals surface area (Å²) >= 11 is 6.45. The molecule has 0 radical (unpaired) electrons. The first-order valence-electron chi connectivity index (χ1n) is 10.6. The Kier molecular flexibility index (Phi) is 8.29. The Balaban J connectivity index is 1.86. The Morgan fingerprint density at radius 3 is 2.65 bits per heavy atom. The van der Waals surface area contributed by atoms with Crippen molar-refractivity contribution in [3.05, 3.63) is 93.3 Å². The number of amides is 1. The molecular weight excluding hydrogens is 455 g/mol. The van der Waals surface area contributed by atoms with Crippen molar-refractivity contribution in [2.75, 3.05) is 11.9 Å². The number of anilines is 1. The molecular formula is C27H24ClFN2O3. The number of nitriles is 1. The minimum atomic E-state index is -0.531. The third-order valence-electron chi connectivity index (χ3n) is 4.92. The Labute approximate surface area is 203 Å².